The third-order valence-electron chi connectivity index (χ3n) is 4.51. The number of nitrogens with one attached hydrogen (secondary N) is 1. The second-order valence-electron chi connectivity index (χ2n) is 6.44. The van der Waals surface area contributed by atoms with Gasteiger partial charge in [0.05, 0.1) is 23.1 Å². The molecule has 1 aliphatic rings. The Bertz CT molecular complexity index is 1150. The van der Waals surface area contributed by atoms with Crippen molar-refractivity contribution in [3.63, 3.8) is 0 Å². The monoisotopic (exact) mass is 428 g/mol. The molecule has 29 heavy (non-hydrogen) atoms. The Morgan fingerprint density at radius 2 is 1.93 bits per heavy atom. The van der Waals surface area contributed by atoms with Crippen LogP contribution in [0, 0.1) is 0 Å². The summed E-state index contributed by atoms with van der Waals surface area (Å²) in [5, 5.41) is 4.09. The molecule has 9 heteroatoms. The van der Waals surface area contributed by atoms with E-state index in [1.165, 1.54) is 16.7 Å². The van der Waals surface area contributed by atoms with Crippen LogP contribution in [0.1, 0.15) is 6.42 Å². The lowest BCUT2D eigenvalue weighted by atomic mass is 10.2. The van der Waals surface area contributed by atoms with Gasteiger partial charge >= 0.3 is 6.03 Å². The summed E-state index contributed by atoms with van der Waals surface area (Å²) in [6.45, 7) is 0.374. The zero-order valence-corrected chi connectivity index (χ0v) is 16.9. The van der Waals surface area contributed by atoms with Gasteiger partial charge in [0.15, 0.2) is 5.16 Å². The van der Waals surface area contributed by atoms with E-state index in [1.807, 2.05) is 6.07 Å². The molecular formula is C20H17ClN4O3S. The minimum Gasteiger partial charge on any atom is -0.329 e. The zero-order chi connectivity index (χ0) is 20.4. The van der Waals surface area contributed by atoms with Crippen molar-refractivity contribution in [3.8, 4) is 5.69 Å². The highest BCUT2D eigenvalue weighted by atomic mass is 35.5. The maximum Gasteiger partial charge on any atom is 0.324 e. The number of halogens is 1. The number of para-hydroxylation sites is 1. The van der Waals surface area contributed by atoms with Crippen LogP contribution in [0.15, 0.2) is 58.5 Å². The number of hydrogen-bond donors (Lipinski definition) is 1. The van der Waals surface area contributed by atoms with E-state index in [-0.39, 0.29) is 24.0 Å². The maximum atomic E-state index is 13.1. The molecule has 0 unspecified atom stereocenters. The normalized spacial score (nSPS) is 13.9. The van der Waals surface area contributed by atoms with Gasteiger partial charge in [0, 0.05) is 17.3 Å². The highest BCUT2D eigenvalue weighted by Gasteiger charge is 2.27. The molecular weight excluding hydrogens is 412 g/mol. The van der Waals surface area contributed by atoms with Crippen molar-refractivity contribution in [3.05, 3.63) is 63.9 Å². The Balaban J connectivity index is 1.62. The number of hydrogen-bond acceptors (Lipinski definition) is 5. The first kappa shape index (κ1) is 19.5. The number of urea groups is 1. The lowest BCUT2D eigenvalue weighted by Gasteiger charge is -2.14. The zero-order valence-electron chi connectivity index (χ0n) is 15.3. The molecule has 0 spiro atoms. The second-order valence-corrected chi connectivity index (χ2v) is 7.94. The number of carbonyl (C=O) groups is 2. The summed E-state index contributed by atoms with van der Waals surface area (Å²) in [7, 11) is 0. The quantitative estimate of drug-likeness (QED) is 0.282. The first-order chi connectivity index (χ1) is 14.0. The molecule has 1 N–H and O–H groups in total. The Hall–Kier alpha value is -2.84. The topological polar surface area (TPSA) is 84.3 Å². The van der Waals surface area contributed by atoms with E-state index >= 15 is 0 Å². The molecule has 1 aromatic heterocycles. The van der Waals surface area contributed by atoms with E-state index in [9.17, 15) is 14.4 Å². The largest absolute Gasteiger partial charge is 0.329 e. The standard InChI is InChI=1S/C20H17ClN4O3S/c21-13-5-3-6-14(11-13)25-18(27)15-7-1-2-8-16(15)23-20(25)29-10-4-9-24-17(26)12-22-19(24)28/h1-3,5-8,11H,4,9-10,12H2,(H,22,28). The minimum absolute atomic E-state index is 0.0481. The lowest BCUT2D eigenvalue weighted by molar-refractivity contribution is -0.124. The van der Waals surface area contributed by atoms with Gasteiger partial charge < -0.3 is 5.32 Å². The van der Waals surface area contributed by atoms with Crippen molar-refractivity contribution >= 4 is 46.2 Å². The summed E-state index contributed by atoms with van der Waals surface area (Å²) in [4.78, 5) is 42.3. The fraction of sp³-hybridized carbons (Fsp3) is 0.200. The Kier molecular flexibility index (Phi) is 5.55. The average molecular weight is 429 g/mol. The van der Waals surface area contributed by atoms with Gasteiger partial charge in [-0.3, -0.25) is 19.1 Å². The molecule has 1 fully saturated rings. The van der Waals surface area contributed by atoms with E-state index in [2.05, 4.69) is 10.3 Å². The van der Waals surface area contributed by atoms with Gasteiger partial charge in [-0.05, 0) is 36.8 Å². The molecule has 0 saturated carbocycles. The smallest absolute Gasteiger partial charge is 0.324 e. The predicted octanol–water partition coefficient (Wildman–Crippen LogP) is 3.07. The van der Waals surface area contributed by atoms with Gasteiger partial charge in [-0.1, -0.05) is 41.6 Å². The van der Waals surface area contributed by atoms with Crippen LogP contribution in [-0.4, -0.2) is 45.2 Å². The van der Waals surface area contributed by atoms with Crippen molar-refractivity contribution in [2.45, 2.75) is 11.6 Å². The molecule has 0 bridgehead atoms. The number of amides is 3. The number of thioether (sulfide) groups is 1. The molecule has 0 aliphatic carbocycles. The molecule has 0 radical (unpaired) electrons. The van der Waals surface area contributed by atoms with E-state index in [0.29, 0.717) is 45.5 Å². The van der Waals surface area contributed by atoms with Crippen LogP contribution in [0.3, 0.4) is 0 Å². The number of benzene rings is 2. The van der Waals surface area contributed by atoms with Gasteiger partial charge in [0.25, 0.3) is 5.56 Å². The van der Waals surface area contributed by atoms with Gasteiger partial charge in [-0.2, -0.15) is 0 Å². The van der Waals surface area contributed by atoms with Crippen molar-refractivity contribution in [1.82, 2.24) is 19.8 Å². The highest BCUT2D eigenvalue weighted by molar-refractivity contribution is 7.99. The summed E-state index contributed by atoms with van der Waals surface area (Å²) in [6.07, 6.45) is 0.585. The molecule has 3 amide bonds. The Morgan fingerprint density at radius 1 is 1.10 bits per heavy atom. The van der Waals surface area contributed by atoms with E-state index < -0.39 is 0 Å². The third-order valence-corrected chi connectivity index (χ3v) is 5.77. The first-order valence-corrected chi connectivity index (χ1v) is 10.4. The van der Waals surface area contributed by atoms with E-state index in [4.69, 9.17) is 11.6 Å². The van der Waals surface area contributed by atoms with Crippen LogP contribution < -0.4 is 10.9 Å². The summed E-state index contributed by atoms with van der Waals surface area (Å²) in [5.74, 6) is 0.363. The number of nitrogens with zero attached hydrogens (tertiary/aromatic N) is 3. The molecule has 3 aromatic rings. The summed E-state index contributed by atoms with van der Waals surface area (Å²) in [5.41, 5.74) is 1.08. The maximum absolute atomic E-state index is 13.1. The van der Waals surface area contributed by atoms with Crippen LogP contribution in [-0.2, 0) is 4.79 Å². The fourth-order valence-electron chi connectivity index (χ4n) is 3.12. The SMILES string of the molecule is O=C1CNC(=O)N1CCCSc1nc2ccccc2c(=O)n1-c1cccc(Cl)c1. The average Bonchev–Trinajstić information content (AvgIpc) is 3.03. The molecule has 0 atom stereocenters. The van der Waals surface area contributed by atoms with Gasteiger partial charge in [-0.25, -0.2) is 9.78 Å². The molecule has 7 nitrogen and oxygen atoms in total. The number of aromatic nitrogens is 2. The number of rotatable bonds is 6. The van der Waals surface area contributed by atoms with Gasteiger partial charge in [0.1, 0.15) is 0 Å². The van der Waals surface area contributed by atoms with Gasteiger partial charge in [0.2, 0.25) is 5.91 Å². The lowest BCUT2D eigenvalue weighted by Crippen LogP contribution is -2.32. The van der Waals surface area contributed by atoms with Crippen molar-refractivity contribution in [1.29, 1.82) is 0 Å². The van der Waals surface area contributed by atoms with Crippen molar-refractivity contribution < 1.29 is 9.59 Å². The van der Waals surface area contributed by atoms with Crippen LogP contribution in [0.2, 0.25) is 5.02 Å². The predicted molar refractivity (Wildman–Crippen MR) is 113 cm³/mol. The molecule has 1 aliphatic heterocycles. The molecule has 1 saturated heterocycles. The summed E-state index contributed by atoms with van der Waals surface area (Å²) >= 11 is 7.53. The Labute approximate surface area is 175 Å². The number of fused-ring (bicyclic) bond motifs is 1. The number of carbonyl (C=O) groups excluding carboxylic acids is 2. The van der Waals surface area contributed by atoms with Crippen molar-refractivity contribution in [2.75, 3.05) is 18.8 Å². The van der Waals surface area contributed by atoms with Crippen LogP contribution in [0.5, 0.6) is 0 Å². The fourth-order valence-corrected chi connectivity index (χ4v) is 4.24. The number of imide groups is 1. The molecule has 2 heterocycles. The van der Waals surface area contributed by atoms with Crippen molar-refractivity contribution in [2.24, 2.45) is 0 Å². The Morgan fingerprint density at radius 3 is 2.69 bits per heavy atom. The third kappa shape index (κ3) is 3.99. The second kappa shape index (κ2) is 8.26. The van der Waals surface area contributed by atoms with E-state index in [0.717, 1.165) is 0 Å². The molecule has 148 valence electrons. The molecule has 2 aromatic carbocycles. The minimum atomic E-state index is -0.361. The summed E-state index contributed by atoms with van der Waals surface area (Å²) < 4.78 is 1.55. The van der Waals surface area contributed by atoms with E-state index in [1.54, 1.807) is 47.0 Å². The first-order valence-electron chi connectivity index (χ1n) is 9.03. The highest BCUT2D eigenvalue weighted by Crippen LogP contribution is 2.23. The molecule has 4 rings (SSSR count). The van der Waals surface area contributed by atoms with Gasteiger partial charge in [-0.15, -0.1) is 0 Å². The van der Waals surface area contributed by atoms with Crippen LogP contribution in [0.25, 0.3) is 16.6 Å². The van der Waals surface area contributed by atoms with Crippen LogP contribution in [0.4, 0.5) is 4.79 Å². The van der Waals surface area contributed by atoms with Crippen LogP contribution >= 0.6 is 23.4 Å². The summed E-state index contributed by atoms with van der Waals surface area (Å²) in [6, 6.07) is 13.9.